The molecular weight excluding hydrogens is 301 g/mol. The van der Waals surface area contributed by atoms with Crippen molar-refractivity contribution in [2.75, 3.05) is 13.7 Å². The molecule has 7 heteroatoms. The van der Waals surface area contributed by atoms with E-state index in [2.05, 4.69) is 5.10 Å². The van der Waals surface area contributed by atoms with Crippen molar-refractivity contribution in [1.82, 2.24) is 14.2 Å². The summed E-state index contributed by atoms with van der Waals surface area (Å²) in [5, 5.41) is 14.0. The average molecular weight is 317 g/mol. The molecule has 0 amide bonds. The van der Waals surface area contributed by atoms with Crippen LogP contribution in [-0.2, 0) is 17.9 Å². The predicted molar refractivity (Wildman–Crippen MR) is 82.6 cm³/mol. The normalized spacial score (nSPS) is 11.3. The fourth-order valence-electron chi connectivity index (χ4n) is 2.53. The summed E-state index contributed by atoms with van der Waals surface area (Å²) in [6.07, 6.45) is 3.24. The molecule has 0 fully saturated rings. The zero-order valence-electron chi connectivity index (χ0n) is 12.6. The number of aliphatic hydroxyl groups excluding tert-OH is 1. The monoisotopic (exact) mass is 317 g/mol. The highest BCUT2D eigenvalue weighted by molar-refractivity contribution is 5.72. The second-order valence-electron chi connectivity index (χ2n) is 5.08. The van der Waals surface area contributed by atoms with E-state index < -0.39 is 5.82 Å². The number of fused-ring (bicyclic) bond motifs is 1. The molecule has 3 aromatic rings. The smallest absolute Gasteiger partial charge is 0.277 e. The number of methoxy groups -OCH3 is 1. The van der Waals surface area contributed by atoms with Crippen molar-refractivity contribution in [3.05, 3.63) is 58.4 Å². The van der Waals surface area contributed by atoms with Crippen LogP contribution in [0.2, 0.25) is 0 Å². The molecular formula is C16H16FN3O3. The van der Waals surface area contributed by atoms with E-state index in [1.807, 2.05) is 0 Å². The van der Waals surface area contributed by atoms with Crippen LogP contribution >= 0.6 is 0 Å². The quantitative estimate of drug-likeness (QED) is 0.773. The van der Waals surface area contributed by atoms with Gasteiger partial charge >= 0.3 is 0 Å². The summed E-state index contributed by atoms with van der Waals surface area (Å²) in [6, 6.07) is 5.90. The SMILES string of the molecule is COCCn1ccn2nc(-c3cccc(F)c3)c(CO)c2c1=O. The predicted octanol–water partition coefficient (Wildman–Crippen LogP) is 1.44. The molecule has 120 valence electrons. The zero-order valence-corrected chi connectivity index (χ0v) is 12.6. The van der Waals surface area contributed by atoms with Crippen molar-refractivity contribution < 1.29 is 14.2 Å². The molecule has 0 aliphatic carbocycles. The Kier molecular flexibility index (Phi) is 4.22. The minimum absolute atomic E-state index is 0.274. The molecule has 3 rings (SSSR count). The van der Waals surface area contributed by atoms with Gasteiger partial charge in [0.2, 0.25) is 0 Å². The lowest BCUT2D eigenvalue weighted by Crippen LogP contribution is -2.23. The van der Waals surface area contributed by atoms with Gasteiger partial charge in [0.05, 0.1) is 18.9 Å². The molecule has 1 aromatic carbocycles. The summed E-state index contributed by atoms with van der Waals surface area (Å²) >= 11 is 0. The lowest BCUT2D eigenvalue weighted by atomic mass is 10.1. The highest BCUT2D eigenvalue weighted by Gasteiger charge is 2.17. The lowest BCUT2D eigenvalue weighted by Gasteiger charge is -2.05. The first-order valence-corrected chi connectivity index (χ1v) is 7.12. The number of aromatic nitrogens is 3. The first kappa shape index (κ1) is 15.4. The fraction of sp³-hybridized carbons (Fsp3) is 0.250. The van der Waals surface area contributed by atoms with Crippen LogP contribution in [0.4, 0.5) is 4.39 Å². The Bertz CT molecular complexity index is 901. The first-order valence-electron chi connectivity index (χ1n) is 7.12. The van der Waals surface area contributed by atoms with Gasteiger partial charge in [-0.3, -0.25) is 4.79 Å². The van der Waals surface area contributed by atoms with Gasteiger partial charge < -0.3 is 14.4 Å². The minimum Gasteiger partial charge on any atom is -0.392 e. The van der Waals surface area contributed by atoms with Gasteiger partial charge in [-0.2, -0.15) is 5.10 Å². The lowest BCUT2D eigenvalue weighted by molar-refractivity contribution is 0.186. The summed E-state index contributed by atoms with van der Waals surface area (Å²) in [6.45, 7) is 0.436. The summed E-state index contributed by atoms with van der Waals surface area (Å²) < 4.78 is 21.3. The maximum absolute atomic E-state index is 13.4. The van der Waals surface area contributed by atoms with Gasteiger partial charge in [-0.05, 0) is 12.1 Å². The molecule has 2 heterocycles. The molecule has 0 saturated heterocycles. The van der Waals surface area contributed by atoms with Crippen LogP contribution in [0.1, 0.15) is 5.56 Å². The summed E-state index contributed by atoms with van der Waals surface area (Å²) in [5.74, 6) is -0.402. The number of hydrogen-bond donors (Lipinski definition) is 1. The maximum Gasteiger partial charge on any atom is 0.277 e. The highest BCUT2D eigenvalue weighted by atomic mass is 19.1. The number of hydrogen-bond acceptors (Lipinski definition) is 4. The number of benzene rings is 1. The molecule has 0 radical (unpaired) electrons. The number of rotatable bonds is 5. The van der Waals surface area contributed by atoms with Gasteiger partial charge in [-0.1, -0.05) is 12.1 Å². The third kappa shape index (κ3) is 2.76. The van der Waals surface area contributed by atoms with Crippen LogP contribution in [0.15, 0.2) is 41.5 Å². The number of aliphatic hydroxyl groups is 1. The Morgan fingerprint density at radius 1 is 1.35 bits per heavy atom. The molecule has 6 nitrogen and oxygen atoms in total. The van der Waals surface area contributed by atoms with Crippen LogP contribution in [-0.4, -0.2) is 33.0 Å². The Labute approximate surface area is 131 Å². The Morgan fingerprint density at radius 3 is 2.87 bits per heavy atom. The third-order valence-electron chi connectivity index (χ3n) is 3.65. The third-order valence-corrected chi connectivity index (χ3v) is 3.65. The van der Waals surface area contributed by atoms with Gasteiger partial charge in [0.15, 0.2) is 0 Å². The number of halogens is 1. The van der Waals surface area contributed by atoms with Crippen LogP contribution in [0.5, 0.6) is 0 Å². The number of nitrogens with zero attached hydrogens (tertiary/aromatic N) is 3. The van der Waals surface area contributed by atoms with E-state index in [-0.39, 0.29) is 17.7 Å². The van der Waals surface area contributed by atoms with E-state index >= 15 is 0 Å². The van der Waals surface area contributed by atoms with Crippen molar-refractivity contribution in [1.29, 1.82) is 0 Å². The zero-order chi connectivity index (χ0) is 16.4. The van der Waals surface area contributed by atoms with E-state index in [1.54, 1.807) is 31.6 Å². The van der Waals surface area contributed by atoms with Crippen LogP contribution in [0.25, 0.3) is 16.8 Å². The molecule has 0 aliphatic heterocycles. The first-order chi connectivity index (χ1) is 11.2. The minimum atomic E-state index is -0.402. The summed E-state index contributed by atoms with van der Waals surface area (Å²) in [4.78, 5) is 12.6. The van der Waals surface area contributed by atoms with Crippen molar-refractivity contribution in [3.8, 4) is 11.3 Å². The van der Waals surface area contributed by atoms with Crippen LogP contribution < -0.4 is 5.56 Å². The van der Waals surface area contributed by atoms with Crippen molar-refractivity contribution in [2.24, 2.45) is 0 Å². The van der Waals surface area contributed by atoms with Crippen molar-refractivity contribution in [3.63, 3.8) is 0 Å². The standard InChI is InChI=1S/C16H16FN3O3/c1-23-8-7-19-5-6-20-15(16(19)22)13(10-21)14(18-20)11-3-2-4-12(17)9-11/h2-6,9,21H,7-8,10H2,1H3. The topological polar surface area (TPSA) is 68.8 Å². The number of ether oxygens (including phenoxy) is 1. The Balaban J connectivity index is 2.21. The molecule has 0 atom stereocenters. The molecule has 0 saturated carbocycles. The van der Waals surface area contributed by atoms with Gasteiger partial charge in [0.25, 0.3) is 5.56 Å². The van der Waals surface area contributed by atoms with Gasteiger partial charge in [0, 0.05) is 37.2 Å². The summed E-state index contributed by atoms with van der Waals surface area (Å²) in [7, 11) is 1.56. The molecule has 0 spiro atoms. The highest BCUT2D eigenvalue weighted by Crippen LogP contribution is 2.25. The second-order valence-corrected chi connectivity index (χ2v) is 5.08. The molecule has 1 N–H and O–H groups in total. The van der Waals surface area contributed by atoms with E-state index in [0.717, 1.165) is 0 Å². The maximum atomic E-state index is 13.4. The molecule has 23 heavy (non-hydrogen) atoms. The van der Waals surface area contributed by atoms with E-state index in [1.165, 1.54) is 21.2 Å². The summed E-state index contributed by atoms with van der Waals surface area (Å²) in [5.41, 5.74) is 1.30. The van der Waals surface area contributed by atoms with Crippen LogP contribution in [0, 0.1) is 5.82 Å². The van der Waals surface area contributed by atoms with Gasteiger partial charge in [0.1, 0.15) is 11.3 Å². The molecule has 0 aliphatic rings. The Hall–Kier alpha value is -2.51. The molecule has 0 unspecified atom stereocenters. The molecule has 2 aromatic heterocycles. The van der Waals surface area contributed by atoms with Gasteiger partial charge in [-0.25, -0.2) is 8.91 Å². The average Bonchev–Trinajstić information content (AvgIpc) is 2.93. The van der Waals surface area contributed by atoms with Crippen LogP contribution in [0.3, 0.4) is 0 Å². The van der Waals surface area contributed by atoms with E-state index in [4.69, 9.17) is 4.74 Å². The largest absolute Gasteiger partial charge is 0.392 e. The molecule has 0 bridgehead atoms. The fourth-order valence-corrected chi connectivity index (χ4v) is 2.53. The van der Waals surface area contributed by atoms with E-state index in [9.17, 15) is 14.3 Å². The van der Waals surface area contributed by atoms with E-state index in [0.29, 0.717) is 30.0 Å². The second kappa shape index (κ2) is 6.31. The van der Waals surface area contributed by atoms with Crippen molar-refractivity contribution in [2.45, 2.75) is 13.2 Å². The van der Waals surface area contributed by atoms with Gasteiger partial charge in [-0.15, -0.1) is 0 Å². The van der Waals surface area contributed by atoms with Crippen molar-refractivity contribution >= 4 is 5.52 Å². The Morgan fingerprint density at radius 2 is 2.17 bits per heavy atom.